The van der Waals surface area contributed by atoms with E-state index >= 15 is 0 Å². The Morgan fingerprint density at radius 1 is 1.70 bits per heavy atom. The fourth-order valence-corrected chi connectivity index (χ4v) is 0.633. The Labute approximate surface area is 62.0 Å². The van der Waals surface area contributed by atoms with E-state index in [0.29, 0.717) is 13.0 Å². The number of amides is 1. The molecule has 3 heteroatoms. The highest BCUT2D eigenvalue weighted by Gasteiger charge is 2.02. The maximum absolute atomic E-state index is 10.8. The molecule has 3 N–H and O–H groups in total. The molecule has 60 valence electrons. The minimum absolute atomic E-state index is 0.0976. The lowest BCUT2D eigenvalue weighted by Gasteiger charge is -2.09. The third-order valence-electron chi connectivity index (χ3n) is 1.24. The SMILES string of the molecule is CCCC(=O)N[C@@H](C)CN. The van der Waals surface area contributed by atoms with Gasteiger partial charge in [-0.1, -0.05) is 6.92 Å². The van der Waals surface area contributed by atoms with Crippen LogP contribution in [0.15, 0.2) is 0 Å². The van der Waals surface area contributed by atoms with Crippen LogP contribution in [0.3, 0.4) is 0 Å². The second-order valence-electron chi connectivity index (χ2n) is 2.45. The predicted molar refractivity (Wildman–Crippen MR) is 41.6 cm³/mol. The lowest BCUT2D eigenvalue weighted by atomic mass is 10.3. The van der Waals surface area contributed by atoms with Gasteiger partial charge in [-0.3, -0.25) is 4.79 Å². The van der Waals surface area contributed by atoms with Crippen molar-refractivity contribution in [1.82, 2.24) is 5.32 Å². The number of hydrogen-bond acceptors (Lipinski definition) is 2. The van der Waals surface area contributed by atoms with E-state index < -0.39 is 0 Å². The smallest absolute Gasteiger partial charge is 0.220 e. The zero-order chi connectivity index (χ0) is 7.98. The number of hydrogen-bond donors (Lipinski definition) is 2. The monoisotopic (exact) mass is 144 g/mol. The first-order chi connectivity index (χ1) is 4.70. The van der Waals surface area contributed by atoms with Crippen LogP contribution in [-0.4, -0.2) is 18.5 Å². The summed E-state index contributed by atoms with van der Waals surface area (Å²) < 4.78 is 0. The summed E-state index contributed by atoms with van der Waals surface area (Å²) in [6, 6.07) is 0.110. The molecule has 0 bridgehead atoms. The van der Waals surface area contributed by atoms with E-state index in [4.69, 9.17) is 5.73 Å². The van der Waals surface area contributed by atoms with Gasteiger partial charge in [0, 0.05) is 19.0 Å². The second-order valence-corrected chi connectivity index (χ2v) is 2.45. The summed E-state index contributed by atoms with van der Waals surface area (Å²) in [6.07, 6.45) is 1.49. The molecule has 0 unspecified atom stereocenters. The van der Waals surface area contributed by atoms with Crippen LogP contribution in [-0.2, 0) is 4.79 Å². The van der Waals surface area contributed by atoms with Gasteiger partial charge in [-0.2, -0.15) is 0 Å². The first-order valence-corrected chi connectivity index (χ1v) is 3.70. The molecule has 0 radical (unpaired) electrons. The maximum Gasteiger partial charge on any atom is 0.220 e. The van der Waals surface area contributed by atoms with Crippen LogP contribution in [0.2, 0.25) is 0 Å². The van der Waals surface area contributed by atoms with Gasteiger partial charge in [-0.15, -0.1) is 0 Å². The average molecular weight is 144 g/mol. The average Bonchev–Trinajstić information content (AvgIpc) is 1.88. The zero-order valence-corrected chi connectivity index (χ0v) is 6.68. The van der Waals surface area contributed by atoms with Crippen molar-refractivity contribution < 1.29 is 4.79 Å². The Bertz CT molecular complexity index is 104. The molecule has 1 atom stereocenters. The normalized spacial score (nSPS) is 12.7. The summed E-state index contributed by atoms with van der Waals surface area (Å²) in [7, 11) is 0. The van der Waals surface area contributed by atoms with Crippen LogP contribution in [0.1, 0.15) is 26.7 Å². The van der Waals surface area contributed by atoms with Crippen molar-refractivity contribution in [1.29, 1.82) is 0 Å². The molecule has 0 heterocycles. The lowest BCUT2D eigenvalue weighted by Crippen LogP contribution is -2.37. The minimum Gasteiger partial charge on any atom is -0.352 e. The van der Waals surface area contributed by atoms with Crippen molar-refractivity contribution in [3.63, 3.8) is 0 Å². The standard InChI is InChI=1S/C7H16N2O/c1-3-4-7(10)9-6(2)5-8/h6H,3-5,8H2,1-2H3,(H,9,10)/t6-/m0/s1. The summed E-state index contributed by atoms with van der Waals surface area (Å²) in [5.41, 5.74) is 5.30. The van der Waals surface area contributed by atoms with E-state index in [2.05, 4.69) is 5.32 Å². The van der Waals surface area contributed by atoms with E-state index in [-0.39, 0.29) is 11.9 Å². The first kappa shape index (κ1) is 9.43. The van der Waals surface area contributed by atoms with Gasteiger partial charge >= 0.3 is 0 Å². The van der Waals surface area contributed by atoms with Crippen LogP contribution in [0, 0.1) is 0 Å². The Kier molecular flexibility index (Phi) is 4.94. The molecule has 0 aliphatic heterocycles. The van der Waals surface area contributed by atoms with Crippen LogP contribution in [0.5, 0.6) is 0 Å². The molecule has 0 rings (SSSR count). The Hall–Kier alpha value is -0.570. The van der Waals surface area contributed by atoms with Gasteiger partial charge in [0.25, 0.3) is 0 Å². The molecule has 0 aromatic rings. The largest absolute Gasteiger partial charge is 0.352 e. The summed E-state index contributed by atoms with van der Waals surface area (Å²) in [4.78, 5) is 10.8. The minimum atomic E-state index is 0.0976. The van der Waals surface area contributed by atoms with E-state index in [0.717, 1.165) is 6.42 Å². The van der Waals surface area contributed by atoms with Crippen LogP contribution in [0.4, 0.5) is 0 Å². The van der Waals surface area contributed by atoms with Gasteiger partial charge in [0.05, 0.1) is 0 Å². The molecule has 0 aromatic heterocycles. The molecule has 1 amide bonds. The molecule has 0 aliphatic rings. The van der Waals surface area contributed by atoms with Crippen LogP contribution in [0.25, 0.3) is 0 Å². The topological polar surface area (TPSA) is 55.1 Å². The number of rotatable bonds is 4. The molecule has 3 nitrogen and oxygen atoms in total. The van der Waals surface area contributed by atoms with Crippen molar-refractivity contribution in [2.45, 2.75) is 32.7 Å². The zero-order valence-electron chi connectivity index (χ0n) is 6.68. The maximum atomic E-state index is 10.8. The highest BCUT2D eigenvalue weighted by Crippen LogP contribution is 1.86. The highest BCUT2D eigenvalue weighted by atomic mass is 16.1. The Balaban J connectivity index is 3.37. The number of carbonyl (C=O) groups is 1. The Morgan fingerprint density at radius 3 is 2.70 bits per heavy atom. The fraction of sp³-hybridized carbons (Fsp3) is 0.857. The molecular formula is C7H16N2O. The molecule has 0 aromatic carbocycles. The van der Waals surface area contributed by atoms with Gasteiger partial charge < -0.3 is 11.1 Å². The van der Waals surface area contributed by atoms with Gasteiger partial charge in [-0.25, -0.2) is 0 Å². The molecule has 0 saturated carbocycles. The van der Waals surface area contributed by atoms with Gasteiger partial charge in [0.2, 0.25) is 5.91 Å². The molecule has 0 spiro atoms. The second kappa shape index (κ2) is 5.23. The van der Waals surface area contributed by atoms with E-state index in [1.54, 1.807) is 0 Å². The molecular weight excluding hydrogens is 128 g/mol. The van der Waals surface area contributed by atoms with Crippen molar-refractivity contribution in [3.8, 4) is 0 Å². The summed E-state index contributed by atoms with van der Waals surface area (Å²) in [5.74, 6) is 0.0976. The van der Waals surface area contributed by atoms with Gasteiger partial charge in [0.15, 0.2) is 0 Å². The molecule has 10 heavy (non-hydrogen) atoms. The van der Waals surface area contributed by atoms with Crippen LogP contribution >= 0.6 is 0 Å². The van der Waals surface area contributed by atoms with Gasteiger partial charge in [0.1, 0.15) is 0 Å². The Morgan fingerprint density at radius 2 is 2.30 bits per heavy atom. The predicted octanol–water partition coefficient (Wildman–Crippen LogP) is 0.250. The fourth-order valence-electron chi connectivity index (χ4n) is 0.633. The highest BCUT2D eigenvalue weighted by molar-refractivity contribution is 5.76. The summed E-state index contributed by atoms with van der Waals surface area (Å²) in [6.45, 7) is 4.38. The number of nitrogens with one attached hydrogen (secondary N) is 1. The lowest BCUT2D eigenvalue weighted by molar-refractivity contribution is -0.121. The van der Waals surface area contributed by atoms with Crippen molar-refractivity contribution in [2.75, 3.05) is 6.54 Å². The van der Waals surface area contributed by atoms with Crippen molar-refractivity contribution in [2.24, 2.45) is 5.73 Å². The van der Waals surface area contributed by atoms with E-state index in [9.17, 15) is 4.79 Å². The van der Waals surface area contributed by atoms with E-state index in [1.165, 1.54) is 0 Å². The third kappa shape index (κ3) is 4.32. The summed E-state index contributed by atoms with van der Waals surface area (Å²) in [5, 5.41) is 2.77. The van der Waals surface area contributed by atoms with Gasteiger partial charge in [-0.05, 0) is 13.3 Å². The summed E-state index contributed by atoms with van der Waals surface area (Å²) >= 11 is 0. The molecule has 0 aliphatic carbocycles. The van der Waals surface area contributed by atoms with Crippen molar-refractivity contribution in [3.05, 3.63) is 0 Å². The number of carbonyl (C=O) groups excluding carboxylic acids is 1. The third-order valence-corrected chi connectivity index (χ3v) is 1.24. The molecule has 0 saturated heterocycles. The van der Waals surface area contributed by atoms with Crippen LogP contribution < -0.4 is 11.1 Å². The van der Waals surface area contributed by atoms with Crippen molar-refractivity contribution >= 4 is 5.91 Å². The first-order valence-electron chi connectivity index (χ1n) is 3.70. The van der Waals surface area contributed by atoms with E-state index in [1.807, 2.05) is 13.8 Å². The quantitative estimate of drug-likeness (QED) is 0.594. The molecule has 0 fully saturated rings. The number of nitrogens with two attached hydrogens (primary N) is 1.